The van der Waals surface area contributed by atoms with E-state index in [2.05, 4.69) is 4.98 Å². The molecule has 2 amide bonds. The first-order chi connectivity index (χ1) is 12.1. The minimum Gasteiger partial charge on any atom is -0.478 e. The van der Waals surface area contributed by atoms with Crippen molar-refractivity contribution in [3.8, 4) is 0 Å². The summed E-state index contributed by atoms with van der Waals surface area (Å²) in [5.41, 5.74) is 1.78. The zero-order valence-electron chi connectivity index (χ0n) is 14.1. The highest BCUT2D eigenvalue weighted by atomic mass is 16.4. The van der Waals surface area contributed by atoms with Crippen LogP contribution in [0.3, 0.4) is 0 Å². The Labute approximate surface area is 146 Å². The van der Waals surface area contributed by atoms with Crippen molar-refractivity contribution in [1.29, 1.82) is 0 Å². The Balaban J connectivity index is 1.87. The summed E-state index contributed by atoms with van der Waals surface area (Å²) in [7, 11) is 0. The molecule has 6 heteroatoms. The molecule has 0 saturated carbocycles. The number of rotatable bonds is 4. The molecule has 1 aromatic heterocycles. The van der Waals surface area contributed by atoms with Gasteiger partial charge in [-0.2, -0.15) is 0 Å². The van der Waals surface area contributed by atoms with Crippen LogP contribution in [0.5, 0.6) is 0 Å². The SMILES string of the molecule is CCN(C(=O)N1CCCC1c1cncc(C(=O)O)c1)c1ccccc1. The van der Waals surface area contributed by atoms with Crippen molar-refractivity contribution in [2.45, 2.75) is 25.8 Å². The van der Waals surface area contributed by atoms with Gasteiger partial charge in [0, 0.05) is 31.2 Å². The number of amides is 2. The van der Waals surface area contributed by atoms with Gasteiger partial charge < -0.3 is 10.0 Å². The Bertz CT molecular complexity index is 764. The standard InChI is InChI=1S/C19H21N3O3/c1-2-21(16-7-4-3-5-8-16)19(25)22-10-6-9-17(22)14-11-15(18(23)24)13-20-12-14/h3-5,7-8,11-13,17H,2,6,9-10H2,1H3,(H,23,24). The number of hydrogen-bond donors (Lipinski definition) is 1. The molecule has 3 rings (SSSR count). The fourth-order valence-corrected chi connectivity index (χ4v) is 3.29. The number of hydrogen-bond acceptors (Lipinski definition) is 3. The molecular weight excluding hydrogens is 318 g/mol. The molecule has 1 aliphatic rings. The number of likely N-dealkylation sites (tertiary alicyclic amines) is 1. The number of aromatic carboxylic acids is 1. The summed E-state index contributed by atoms with van der Waals surface area (Å²) in [5.74, 6) is -1.01. The molecule has 25 heavy (non-hydrogen) atoms. The monoisotopic (exact) mass is 339 g/mol. The van der Waals surface area contributed by atoms with E-state index in [9.17, 15) is 14.7 Å². The summed E-state index contributed by atoms with van der Waals surface area (Å²) in [6, 6.07) is 11.0. The van der Waals surface area contributed by atoms with Crippen LogP contribution in [0.25, 0.3) is 0 Å². The number of carbonyl (C=O) groups excluding carboxylic acids is 1. The van der Waals surface area contributed by atoms with Crippen molar-refractivity contribution in [2.75, 3.05) is 18.0 Å². The molecule has 1 aromatic carbocycles. The van der Waals surface area contributed by atoms with E-state index in [0.29, 0.717) is 13.1 Å². The van der Waals surface area contributed by atoms with Crippen LogP contribution in [0.2, 0.25) is 0 Å². The van der Waals surface area contributed by atoms with Crippen LogP contribution in [0.4, 0.5) is 10.5 Å². The number of urea groups is 1. The van der Waals surface area contributed by atoms with Crippen LogP contribution in [0, 0.1) is 0 Å². The normalized spacial score (nSPS) is 16.7. The molecule has 2 heterocycles. The van der Waals surface area contributed by atoms with E-state index in [1.807, 2.05) is 42.2 Å². The summed E-state index contributed by atoms with van der Waals surface area (Å²) in [6.45, 7) is 3.17. The molecule has 0 aliphatic carbocycles. The molecule has 1 N–H and O–H groups in total. The van der Waals surface area contributed by atoms with Crippen molar-refractivity contribution in [3.63, 3.8) is 0 Å². The smallest absolute Gasteiger partial charge is 0.337 e. The Hall–Kier alpha value is -2.89. The van der Waals surface area contributed by atoms with E-state index in [0.717, 1.165) is 24.1 Å². The third-order valence-corrected chi connectivity index (χ3v) is 4.50. The van der Waals surface area contributed by atoms with Gasteiger partial charge in [0.15, 0.2) is 0 Å². The maximum atomic E-state index is 13.1. The quantitative estimate of drug-likeness (QED) is 0.924. The zero-order chi connectivity index (χ0) is 17.8. The van der Waals surface area contributed by atoms with E-state index in [-0.39, 0.29) is 17.6 Å². The third kappa shape index (κ3) is 3.47. The third-order valence-electron chi connectivity index (χ3n) is 4.50. The number of pyridine rings is 1. The van der Waals surface area contributed by atoms with Crippen LogP contribution in [-0.2, 0) is 0 Å². The minimum absolute atomic E-state index is 0.0584. The average molecular weight is 339 g/mol. The van der Waals surface area contributed by atoms with Gasteiger partial charge in [-0.1, -0.05) is 18.2 Å². The van der Waals surface area contributed by atoms with Crippen LogP contribution < -0.4 is 4.90 Å². The second kappa shape index (κ2) is 7.34. The van der Waals surface area contributed by atoms with E-state index in [1.54, 1.807) is 17.2 Å². The summed E-state index contributed by atoms with van der Waals surface area (Å²) in [6.07, 6.45) is 4.68. The summed E-state index contributed by atoms with van der Waals surface area (Å²) in [4.78, 5) is 31.9. The van der Waals surface area contributed by atoms with Crippen LogP contribution in [0.15, 0.2) is 48.8 Å². The van der Waals surface area contributed by atoms with Crippen molar-refractivity contribution in [2.24, 2.45) is 0 Å². The van der Waals surface area contributed by atoms with Gasteiger partial charge >= 0.3 is 12.0 Å². The minimum atomic E-state index is -1.01. The number of aromatic nitrogens is 1. The molecule has 1 saturated heterocycles. The van der Waals surface area contributed by atoms with Crippen molar-refractivity contribution in [3.05, 3.63) is 59.9 Å². The molecule has 0 bridgehead atoms. The molecular formula is C19H21N3O3. The predicted molar refractivity (Wildman–Crippen MR) is 94.7 cm³/mol. The number of benzene rings is 1. The van der Waals surface area contributed by atoms with E-state index in [4.69, 9.17) is 0 Å². The highest BCUT2D eigenvalue weighted by Gasteiger charge is 2.33. The molecule has 6 nitrogen and oxygen atoms in total. The van der Waals surface area contributed by atoms with Crippen LogP contribution in [-0.4, -0.2) is 40.1 Å². The first-order valence-electron chi connectivity index (χ1n) is 8.43. The Kier molecular flexibility index (Phi) is 4.97. The lowest BCUT2D eigenvalue weighted by Gasteiger charge is -2.31. The van der Waals surface area contributed by atoms with Gasteiger partial charge in [-0.25, -0.2) is 9.59 Å². The Morgan fingerprint density at radius 2 is 2.04 bits per heavy atom. The fraction of sp³-hybridized carbons (Fsp3) is 0.316. The maximum absolute atomic E-state index is 13.1. The fourth-order valence-electron chi connectivity index (χ4n) is 3.29. The second-order valence-electron chi connectivity index (χ2n) is 6.03. The van der Waals surface area contributed by atoms with E-state index < -0.39 is 5.97 Å². The van der Waals surface area contributed by atoms with Gasteiger partial charge in [0.25, 0.3) is 0 Å². The molecule has 1 unspecified atom stereocenters. The lowest BCUT2D eigenvalue weighted by molar-refractivity contribution is 0.0696. The molecule has 1 fully saturated rings. The number of para-hydroxylation sites is 1. The topological polar surface area (TPSA) is 73.7 Å². The number of nitrogens with zero attached hydrogens (tertiary/aromatic N) is 3. The molecule has 0 radical (unpaired) electrons. The summed E-state index contributed by atoms with van der Waals surface area (Å²) in [5, 5.41) is 9.17. The highest BCUT2D eigenvalue weighted by Crippen LogP contribution is 2.33. The number of anilines is 1. The van der Waals surface area contributed by atoms with Gasteiger partial charge in [-0.3, -0.25) is 9.88 Å². The van der Waals surface area contributed by atoms with Gasteiger partial charge in [0.1, 0.15) is 0 Å². The highest BCUT2D eigenvalue weighted by molar-refractivity contribution is 5.92. The molecule has 2 aromatic rings. The van der Waals surface area contributed by atoms with Crippen molar-refractivity contribution < 1.29 is 14.7 Å². The van der Waals surface area contributed by atoms with Gasteiger partial charge in [-0.05, 0) is 43.5 Å². The number of carbonyl (C=O) groups is 2. The second-order valence-corrected chi connectivity index (χ2v) is 6.03. The molecule has 130 valence electrons. The van der Waals surface area contributed by atoms with E-state index >= 15 is 0 Å². The van der Waals surface area contributed by atoms with Crippen molar-refractivity contribution in [1.82, 2.24) is 9.88 Å². The molecule has 1 atom stereocenters. The van der Waals surface area contributed by atoms with E-state index in [1.165, 1.54) is 6.20 Å². The summed E-state index contributed by atoms with van der Waals surface area (Å²) < 4.78 is 0. The Morgan fingerprint density at radius 3 is 2.72 bits per heavy atom. The molecule has 0 spiro atoms. The maximum Gasteiger partial charge on any atom is 0.337 e. The Morgan fingerprint density at radius 1 is 1.28 bits per heavy atom. The summed E-state index contributed by atoms with van der Waals surface area (Å²) >= 11 is 0. The lowest BCUT2D eigenvalue weighted by atomic mass is 10.0. The average Bonchev–Trinajstić information content (AvgIpc) is 3.13. The number of carboxylic acid groups (broad SMARTS) is 1. The van der Waals surface area contributed by atoms with Crippen LogP contribution in [0.1, 0.15) is 41.7 Å². The number of carboxylic acids is 1. The lowest BCUT2D eigenvalue weighted by Crippen LogP contribution is -2.43. The zero-order valence-corrected chi connectivity index (χ0v) is 14.1. The van der Waals surface area contributed by atoms with Crippen LogP contribution >= 0.6 is 0 Å². The first-order valence-corrected chi connectivity index (χ1v) is 8.43. The van der Waals surface area contributed by atoms with Gasteiger partial charge in [0.2, 0.25) is 0 Å². The predicted octanol–water partition coefficient (Wildman–Crippen LogP) is 3.56. The first kappa shape index (κ1) is 17.0. The van der Waals surface area contributed by atoms with Crippen molar-refractivity contribution >= 4 is 17.7 Å². The largest absolute Gasteiger partial charge is 0.478 e. The molecule has 1 aliphatic heterocycles. The van der Waals surface area contributed by atoms with Gasteiger partial charge in [-0.15, -0.1) is 0 Å². The van der Waals surface area contributed by atoms with Gasteiger partial charge in [0.05, 0.1) is 11.6 Å².